The van der Waals surface area contributed by atoms with Gasteiger partial charge in [-0.2, -0.15) is 0 Å². The zero-order valence-electron chi connectivity index (χ0n) is 12.1. The van der Waals surface area contributed by atoms with Crippen molar-refractivity contribution >= 4 is 0 Å². The Morgan fingerprint density at radius 3 is 2.18 bits per heavy atom. The summed E-state index contributed by atoms with van der Waals surface area (Å²) in [5, 5.41) is 0. The number of nitrogens with two attached hydrogens (primary N) is 1. The maximum Gasteiger partial charge on any atom is 0.0707 e. The Hall–Kier alpha value is -0.120. The lowest BCUT2D eigenvalue weighted by molar-refractivity contribution is -0.147. The highest BCUT2D eigenvalue weighted by molar-refractivity contribution is 5.05. The highest BCUT2D eigenvalue weighted by Crippen LogP contribution is 2.47. The second-order valence-corrected chi connectivity index (χ2v) is 6.10. The molecule has 0 heterocycles. The molecule has 102 valence electrons. The van der Waals surface area contributed by atoms with Gasteiger partial charge in [0.1, 0.15) is 0 Å². The van der Waals surface area contributed by atoms with E-state index in [2.05, 4.69) is 34.6 Å². The van der Waals surface area contributed by atoms with Crippen molar-refractivity contribution < 1.29 is 9.47 Å². The molecule has 0 bridgehead atoms. The Kier molecular flexibility index (Phi) is 4.99. The summed E-state index contributed by atoms with van der Waals surface area (Å²) in [5.41, 5.74) is 6.26. The molecule has 0 aromatic heterocycles. The Balaban J connectivity index is 2.29. The molecule has 0 aliphatic heterocycles. The summed E-state index contributed by atoms with van der Waals surface area (Å²) in [4.78, 5) is 0. The van der Waals surface area contributed by atoms with E-state index in [9.17, 15) is 0 Å². The van der Waals surface area contributed by atoms with Gasteiger partial charge < -0.3 is 15.2 Å². The fourth-order valence-electron chi connectivity index (χ4n) is 2.78. The van der Waals surface area contributed by atoms with Crippen molar-refractivity contribution in [2.24, 2.45) is 11.1 Å². The molecule has 0 radical (unpaired) electrons. The highest BCUT2D eigenvalue weighted by Gasteiger charge is 2.51. The first-order valence-electron chi connectivity index (χ1n) is 6.87. The molecule has 0 amide bonds. The molecule has 1 saturated carbocycles. The van der Waals surface area contributed by atoms with Gasteiger partial charge in [0, 0.05) is 11.5 Å². The zero-order valence-corrected chi connectivity index (χ0v) is 12.1. The van der Waals surface area contributed by atoms with E-state index >= 15 is 0 Å². The monoisotopic (exact) mass is 243 g/mol. The molecule has 0 aromatic carbocycles. The normalized spacial score (nSPS) is 27.9. The maximum atomic E-state index is 6.13. The smallest absolute Gasteiger partial charge is 0.0707 e. The minimum absolute atomic E-state index is 0.0774. The molecule has 0 spiro atoms. The molecule has 0 saturated heterocycles. The van der Waals surface area contributed by atoms with Gasteiger partial charge in [-0.15, -0.1) is 0 Å². The Morgan fingerprint density at radius 1 is 1.18 bits per heavy atom. The second-order valence-electron chi connectivity index (χ2n) is 6.10. The van der Waals surface area contributed by atoms with Gasteiger partial charge in [0.2, 0.25) is 0 Å². The van der Waals surface area contributed by atoms with Crippen molar-refractivity contribution in [2.75, 3.05) is 13.2 Å². The van der Waals surface area contributed by atoms with E-state index in [1.807, 2.05) is 0 Å². The molecule has 3 nitrogen and oxygen atoms in total. The number of hydrogen-bond donors (Lipinski definition) is 1. The van der Waals surface area contributed by atoms with E-state index in [1.165, 1.54) is 0 Å². The molecule has 1 aliphatic carbocycles. The number of rotatable bonds is 6. The van der Waals surface area contributed by atoms with Crippen LogP contribution in [0, 0.1) is 5.41 Å². The fourth-order valence-corrected chi connectivity index (χ4v) is 2.78. The predicted octanol–water partition coefficient (Wildman–Crippen LogP) is 2.72. The van der Waals surface area contributed by atoms with E-state index in [4.69, 9.17) is 15.2 Å². The van der Waals surface area contributed by atoms with Crippen molar-refractivity contribution in [3.05, 3.63) is 0 Å². The molecule has 2 atom stereocenters. The van der Waals surface area contributed by atoms with Crippen LogP contribution in [0.1, 0.15) is 53.9 Å². The number of ether oxygens (including phenoxy) is 2. The number of hydrogen-bond acceptors (Lipinski definition) is 3. The average Bonchev–Trinajstić information content (AvgIpc) is 2.23. The van der Waals surface area contributed by atoms with Crippen molar-refractivity contribution in [2.45, 2.75) is 71.6 Å². The van der Waals surface area contributed by atoms with Crippen LogP contribution in [0.2, 0.25) is 0 Å². The Morgan fingerprint density at radius 2 is 1.76 bits per heavy atom. The van der Waals surface area contributed by atoms with Crippen LogP contribution < -0.4 is 5.73 Å². The third-order valence-corrected chi connectivity index (χ3v) is 4.10. The molecular formula is C14H29NO2. The molecule has 17 heavy (non-hydrogen) atoms. The van der Waals surface area contributed by atoms with Crippen LogP contribution in [0.3, 0.4) is 0 Å². The van der Waals surface area contributed by atoms with Crippen molar-refractivity contribution in [1.82, 2.24) is 0 Å². The SMILES string of the molecule is CCC1(CC)C(N)CC1OCCOC(C)(C)C. The summed E-state index contributed by atoms with van der Waals surface area (Å²) < 4.78 is 11.6. The highest BCUT2D eigenvalue weighted by atomic mass is 16.5. The van der Waals surface area contributed by atoms with Crippen LogP contribution >= 0.6 is 0 Å². The van der Waals surface area contributed by atoms with Crippen LogP contribution in [-0.4, -0.2) is 31.0 Å². The minimum atomic E-state index is -0.0774. The first-order valence-corrected chi connectivity index (χ1v) is 6.87. The van der Waals surface area contributed by atoms with Crippen LogP contribution in [0.15, 0.2) is 0 Å². The van der Waals surface area contributed by atoms with Gasteiger partial charge in [0.15, 0.2) is 0 Å². The Bertz CT molecular complexity index is 231. The third kappa shape index (κ3) is 3.43. The lowest BCUT2D eigenvalue weighted by Gasteiger charge is -2.53. The van der Waals surface area contributed by atoms with E-state index in [-0.39, 0.29) is 11.0 Å². The lowest BCUT2D eigenvalue weighted by atomic mass is 9.59. The molecule has 1 fully saturated rings. The summed E-state index contributed by atoms with van der Waals surface area (Å²) in [7, 11) is 0. The molecular weight excluding hydrogens is 214 g/mol. The molecule has 1 aliphatic rings. The first-order chi connectivity index (χ1) is 7.85. The molecule has 3 heteroatoms. The standard InChI is InChI=1S/C14H29NO2/c1-6-14(7-2)11(15)10-12(14)16-8-9-17-13(3,4)5/h11-12H,6-10,15H2,1-5H3. The molecule has 1 rings (SSSR count). The van der Waals surface area contributed by atoms with Gasteiger partial charge >= 0.3 is 0 Å². The van der Waals surface area contributed by atoms with Crippen LogP contribution in [0.25, 0.3) is 0 Å². The van der Waals surface area contributed by atoms with Gasteiger partial charge in [-0.1, -0.05) is 13.8 Å². The quantitative estimate of drug-likeness (QED) is 0.730. The topological polar surface area (TPSA) is 44.5 Å². The van der Waals surface area contributed by atoms with Crippen LogP contribution in [0.5, 0.6) is 0 Å². The van der Waals surface area contributed by atoms with Gasteiger partial charge in [-0.05, 0) is 40.0 Å². The molecule has 0 aromatic rings. The average molecular weight is 243 g/mol. The summed E-state index contributed by atoms with van der Waals surface area (Å²) in [6.07, 6.45) is 3.54. The third-order valence-electron chi connectivity index (χ3n) is 4.10. The van der Waals surface area contributed by atoms with Crippen LogP contribution in [0.4, 0.5) is 0 Å². The van der Waals surface area contributed by atoms with Crippen molar-refractivity contribution in [3.8, 4) is 0 Å². The van der Waals surface area contributed by atoms with Crippen LogP contribution in [-0.2, 0) is 9.47 Å². The summed E-state index contributed by atoms with van der Waals surface area (Å²) in [6.45, 7) is 12.0. The molecule has 2 unspecified atom stereocenters. The molecule has 2 N–H and O–H groups in total. The van der Waals surface area contributed by atoms with E-state index in [0.29, 0.717) is 25.4 Å². The van der Waals surface area contributed by atoms with E-state index < -0.39 is 0 Å². The largest absolute Gasteiger partial charge is 0.375 e. The van der Waals surface area contributed by atoms with Gasteiger partial charge in [-0.3, -0.25) is 0 Å². The van der Waals surface area contributed by atoms with Crippen molar-refractivity contribution in [3.63, 3.8) is 0 Å². The minimum Gasteiger partial charge on any atom is -0.375 e. The van der Waals surface area contributed by atoms with Gasteiger partial charge in [0.05, 0.1) is 24.9 Å². The lowest BCUT2D eigenvalue weighted by Crippen LogP contribution is -2.61. The summed E-state index contributed by atoms with van der Waals surface area (Å²) in [6, 6.07) is 0.311. The zero-order chi connectivity index (χ0) is 13.1. The fraction of sp³-hybridized carbons (Fsp3) is 1.00. The van der Waals surface area contributed by atoms with Gasteiger partial charge in [0.25, 0.3) is 0 Å². The van der Waals surface area contributed by atoms with Gasteiger partial charge in [-0.25, -0.2) is 0 Å². The van der Waals surface area contributed by atoms with Crippen molar-refractivity contribution in [1.29, 1.82) is 0 Å². The first kappa shape index (κ1) is 14.9. The predicted molar refractivity (Wildman–Crippen MR) is 71.1 cm³/mol. The maximum absolute atomic E-state index is 6.13. The Labute approximate surface area is 106 Å². The summed E-state index contributed by atoms with van der Waals surface area (Å²) in [5.74, 6) is 0. The van der Waals surface area contributed by atoms with E-state index in [1.54, 1.807) is 0 Å². The summed E-state index contributed by atoms with van der Waals surface area (Å²) >= 11 is 0. The van der Waals surface area contributed by atoms with E-state index in [0.717, 1.165) is 19.3 Å². The second kappa shape index (κ2) is 5.68.